The summed E-state index contributed by atoms with van der Waals surface area (Å²) in [5.41, 5.74) is 2.24. The Kier molecular flexibility index (Phi) is 5.12. The van der Waals surface area contributed by atoms with E-state index in [1.807, 2.05) is 0 Å². The van der Waals surface area contributed by atoms with Crippen LogP contribution < -0.4 is 5.48 Å². The molecule has 8 heteroatoms. The molecular formula is C5H12NO6P. The number of nitrogens with one attached hydrogen (secondary N) is 1. The van der Waals surface area contributed by atoms with Gasteiger partial charge in [0.15, 0.2) is 0 Å². The highest BCUT2D eigenvalue weighted by atomic mass is 31.2. The van der Waals surface area contributed by atoms with E-state index in [1.54, 1.807) is 6.92 Å². The van der Waals surface area contributed by atoms with Crippen LogP contribution in [0.15, 0.2) is 0 Å². The number of carbonyl (C=O) groups excluding carboxylic acids is 1. The maximum Gasteiger partial charge on any atom is 0.527 e. The molecule has 0 saturated heterocycles. The Balaban J connectivity index is 4.14. The Morgan fingerprint density at radius 2 is 2.15 bits per heavy atom. The molecule has 0 amide bonds. The molecule has 7 nitrogen and oxygen atoms in total. The second kappa shape index (κ2) is 5.31. The standard InChI is InChI=1S/C5H12NO6P/c1-3-4(6-11-2)5(7)12-13(8,9)10/h4,6H,3H2,1-2H3,(H2,8,9,10). The molecule has 0 saturated carbocycles. The minimum absolute atomic E-state index is 0.298. The summed E-state index contributed by atoms with van der Waals surface area (Å²) in [4.78, 5) is 31.9. The van der Waals surface area contributed by atoms with Crippen molar-refractivity contribution < 1.29 is 28.5 Å². The normalized spacial score (nSPS) is 13.8. The zero-order valence-electron chi connectivity index (χ0n) is 7.26. The fourth-order valence-electron chi connectivity index (χ4n) is 0.621. The molecule has 0 aromatic carbocycles. The highest BCUT2D eigenvalue weighted by molar-refractivity contribution is 7.46. The van der Waals surface area contributed by atoms with Gasteiger partial charge in [0.1, 0.15) is 6.04 Å². The summed E-state index contributed by atoms with van der Waals surface area (Å²) in [6, 6.07) is -0.877. The molecule has 1 unspecified atom stereocenters. The van der Waals surface area contributed by atoms with Crippen LogP contribution in [0.5, 0.6) is 0 Å². The zero-order chi connectivity index (χ0) is 10.5. The second-order valence-electron chi connectivity index (χ2n) is 2.18. The van der Waals surface area contributed by atoms with Gasteiger partial charge < -0.3 is 9.36 Å². The average Bonchev–Trinajstić information content (AvgIpc) is 1.96. The maximum absolute atomic E-state index is 10.9. The summed E-state index contributed by atoms with van der Waals surface area (Å²) >= 11 is 0. The quantitative estimate of drug-likeness (QED) is 0.419. The number of carbonyl (C=O) groups is 1. The van der Waals surface area contributed by atoms with Crippen molar-refractivity contribution in [3.8, 4) is 0 Å². The van der Waals surface area contributed by atoms with Gasteiger partial charge in [-0.05, 0) is 6.42 Å². The van der Waals surface area contributed by atoms with Crippen LogP contribution in [0.4, 0.5) is 0 Å². The second-order valence-corrected chi connectivity index (χ2v) is 3.35. The van der Waals surface area contributed by atoms with Crippen molar-refractivity contribution in [1.82, 2.24) is 5.48 Å². The molecule has 0 spiro atoms. The Morgan fingerprint density at radius 3 is 2.46 bits per heavy atom. The molecule has 0 aliphatic heterocycles. The number of rotatable bonds is 5. The number of hydrogen-bond donors (Lipinski definition) is 3. The summed E-state index contributed by atoms with van der Waals surface area (Å²) < 4.78 is 14.1. The van der Waals surface area contributed by atoms with Gasteiger partial charge in [0.25, 0.3) is 0 Å². The highest BCUT2D eigenvalue weighted by Crippen LogP contribution is 2.36. The minimum atomic E-state index is -4.76. The lowest BCUT2D eigenvalue weighted by atomic mass is 10.2. The smallest absolute Gasteiger partial charge is 0.369 e. The summed E-state index contributed by atoms with van der Waals surface area (Å²) in [6.45, 7) is 1.64. The van der Waals surface area contributed by atoms with E-state index in [0.717, 1.165) is 0 Å². The van der Waals surface area contributed by atoms with E-state index >= 15 is 0 Å². The summed E-state index contributed by atoms with van der Waals surface area (Å²) in [7, 11) is -3.47. The van der Waals surface area contributed by atoms with Crippen molar-refractivity contribution in [1.29, 1.82) is 0 Å². The third-order valence-corrected chi connectivity index (χ3v) is 1.58. The van der Waals surface area contributed by atoms with Crippen LogP contribution in [0, 0.1) is 0 Å². The van der Waals surface area contributed by atoms with Crippen molar-refractivity contribution in [3.63, 3.8) is 0 Å². The Labute approximate surface area is 75.2 Å². The summed E-state index contributed by atoms with van der Waals surface area (Å²) in [6.07, 6.45) is 0.298. The molecule has 0 aliphatic carbocycles. The third kappa shape index (κ3) is 5.73. The van der Waals surface area contributed by atoms with Gasteiger partial charge in [-0.25, -0.2) is 9.36 Å². The summed E-state index contributed by atoms with van der Waals surface area (Å²) in [5.74, 6) is -1.04. The van der Waals surface area contributed by atoms with Gasteiger partial charge in [-0.3, -0.25) is 9.79 Å². The van der Waals surface area contributed by atoms with Crippen LogP contribution in [0.3, 0.4) is 0 Å². The lowest BCUT2D eigenvalue weighted by Gasteiger charge is -2.13. The zero-order valence-corrected chi connectivity index (χ0v) is 8.15. The molecule has 13 heavy (non-hydrogen) atoms. The number of phosphoric acid groups is 1. The van der Waals surface area contributed by atoms with Crippen molar-refractivity contribution in [2.45, 2.75) is 19.4 Å². The van der Waals surface area contributed by atoms with Crippen molar-refractivity contribution >= 4 is 13.8 Å². The van der Waals surface area contributed by atoms with Crippen LogP contribution >= 0.6 is 7.82 Å². The number of hydrogen-bond acceptors (Lipinski definition) is 5. The van der Waals surface area contributed by atoms with E-state index in [0.29, 0.717) is 6.42 Å². The largest absolute Gasteiger partial charge is 0.527 e. The van der Waals surface area contributed by atoms with Gasteiger partial charge in [-0.1, -0.05) is 6.92 Å². The van der Waals surface area contributed by atoms with E-state index in [-0.39, 0.29) is 0 Å². The molecule has 0 bridgehead atoms. The molecular weight excluding hydrogens is 201 g/mol. The Bertz CT molecular complexity index is 213. The molecule has 0 aliphatic rings. The fraction of sp³-hybridized carbons (Fsp3) is 0.800. The monoisotopic (exact) mass is 213 g/mol. The lowest BCUT2D eigenvalue weighted by molar-refractivity contribution is -0.141. The van der Waals surface area contributed by atoms with Crippen LogP contribution in [-0.2, 0) is 18.7 Å². The van der Waals surface area contributed by atoms with E-state index in [2.05, 4.69) is 14.8 Å². The van der Waals surface area contributed by atoms with Crippen LogP contribution in [0.2, 0.25) is 0 Å². The van der Waals surface area contributed by atoms with Gasteiger partial charge in [-0.15, -0.1) is 0 Å². The Morgan fingerprint density at radius 1 is 1.62 bits per heavy atom. The number of phosphoric ester groups is 1. The SMILES string of the molecule is CCC(NOC)C(=O)OP(=O)(O)O. The van der Waals surface area contributed by atoms with Crippen LogP contribution in [0.25, 0.3) is 0 Å². The highest BCUT2D eigenvalue weighted by Gasteiger charge is 2.26. The first-order valence-corrected chi connectivity index (χ1v) is 5.01. The molecule has 0 aromatic heterocycles. The van der Waals surface area contributed by atoms with Crippen LogP contribution in [-0.4, -0.2) is 28.9 Å². The molecule has 1 atom stereocenters. The van der Waals surface area contributed by atoms with Gasteiger partial charge in [0.2, 0.25) is 0 Å². The predicted molar refractivity (Wildman–Crippen MR) is 42.4 cm³/mol. The van der Waals surface area contributed by atoms with Crippen molar-refractivity contribution in [3.05, 3.63) is 0 Å². The predicted octanol–water partition coefficient (Wildman–Crippen LogP) is -0.448. The first kappa shape index (κ1) is 12.5. The molecule has 78 valence electrons. The first-order valence-electron chi connectivity index (χ1n) is 3.48. The third-order valence-electron chi connectivity index (χ3n) is 1.16. The summed E-state index contributed by atoms with van der Waals surface area (Å²) in [5, 5.41) is 0. The van der Waals surface area contributed by atoms with Gasteiger partial charge in [0.05, 0.1) is 7.11 Å². The average molecular weight is 213 g/mol. The molecule has 0 heterocycles. The van der Waals surface area contributed by atoms with Crippen molar-refractivity contribution in [2.24, 2.45) is 0 Å². The van der Waals surface area contributed by atoms with Gasteiger partial charge in [-0.2, -0.15) is 5.48 Å². The minimum Gasteiger partial charge on any atom is -0.369 e. The molecule has 3 N–H and O–H groups in total. The molecule has 0 rings (SSSR count). The van der Waals surface area contributed by atoms with Gasteiger partial charge in [0, 0.05) is 0 Å². The van der Waals surface area contributed by atoms with Crippen LogP contribution in [0.1, 0.15) is 13.3 Å². The van der Waals surface area contributed by atoms with E-state index < -0.39 is 19.8 Å². The van der Waals surface area contributed by atoms with E-state index in [4.69, 9.17) is 9.79 Å². The van der Waals surface area contributed by atoms with E-state index in [1.165, 1.54) is 7.11 Å². The van der Waals surface area contributed by atoms with Gasteiger partial charge >= 0.3 is 13.8 Å². The maximum atomic E-state index is 10.9. The van der Waals surface area contributed by atoms with E-state index in [9.17, 15) is 9.36 Å². The molecule has 0 aromatic rings. The molecule has 0 fully saturated rings. The van der Waals surface area contributed by atoms with Crippen molar-refractivity contribution in [2.75, 3.05) is 7.11 Å². The first-order chi connectivity index (χ1) is 5.90. The number of hydroxylamine groups is 1. The topological polar surface area (TPSA) is 105 Å². The fourth-order valence-corrected chi connectivity index (χ4v) is 0.983. The Hall–Kier alpha value is -0.460. The molecule has 0 radical (unpaired) electrons. The lowest BCUT2D eigenvalue weighted by Crippen LogP contribution is -2.36.